The molecule has 0 saturated carbocycles. The molecule has 0 fully saturated rings. The molecular formula is C9H18N2O. The van der Waals surface area contributed by atoms with Crippen LogP contribution in [0.25, 0.3) is 0 Å². The number of hydrogen-bond donors (Lipinski definition) is 1. The standard InChI is InChI=1S/C9H18N2O/c1-5-7-8(11(3)4)10-9(12)6-2/h6,8H,2,5,7H2,1,3-4H3,(H,10,12). The number of carbonyl (C=O) groups is 1. The lowest BCUT2D eigenvalue weighted by atomic mass is 10.2. The minimum atomic E-state index is -0.109. The minimum Gasteiger partial charge on any atom is -0.337 e. The number of nitrogens with one attached hydrogen (secondary N) is 1. The van der Waals surface area contributed by atoms with Crippen LogP contribution in [0.3, 0.4) is 0 Å². The van der Waals surface area contributed by atoms with Gasteiger partial charge in [0.15, 0.2) is 0 Å². The van der Waals surface area contributed by atoms with E-state index in [4.69, 9.17) is 0 Å². The molecule has 0 aliphatic heterocycles. The van der Waals surface area contributed by atoms with E-state index in [1.54, 1.807) is 0 Å². The Balaban J connectivity index is 3.94. The summed E-state index contributed by atoms with van der Waals surface area (Å²) < 4.78 is 0. The molecule has 3 heteroatoms. The molecule has 0 saturated heterocycles. The van der Waals surface area contributed by atoms with Gasteiger partial charge in [-0.3, -0.25) is 9.69 Å². The molecule has 0 radical (unpaired) electrons. The quantitative estimate of drug-likeness (QED) is 0.492. The third-order valence-corrected chi connectivity index (χ3v) is 1.68. The molecule has 1 amide bonds. The van der Waals surface area contributed by atoms with Gasteiger partial charge in [0, 0.05) is 0 Å². The van der Waals surface area contributed by atoms with E-state index in [2.05, 4.69) is 18.8 Å². The first-order valence-electron chi connectivity index (χ1n) is 4.21. The molecule has 0 aromatic carbocycles. The number of carbonyl (C=O) groups excluding carboxylic acids is 1. The average molecular weight is 170 g/mol. The van der Waals surface area contributed by atoms with E-state index in [0.717, 1.165) is 12.8 Å². The summed E-state index contributed by atoms with van der Waals surface area (Å²) in [5.74, 6) is -0.109. The lowest BCUT2D eigenvalue weighted by molar-refractivity contribution is -0.118. The van der Waals surface area contributed by atoms with Crippen molar-refractivity contribution in [3.8, 4) is 0 Å². The van der Waals surface area contributed by atoms with E-state index >= 15 is 0 Å². The van der Waals surface area contributed by atoms with Crippen LogP contribution in [0.5, 0.6) is 0 Å². The molecule has 0 aliphatic rings. The van der Waals surface area contributed by atoms with Gasteiger partial charge in [0.1, 0.15) is 0 Å². The Hall–Kier alpha value is -0.830. The van der Waals surface area contributed by atoms with Crippen molar-refractivity contribution in [1.29, 1.82) is 0 Å². The van der Waals surface area contributed by atoms with Crippen molar-refractivity contribution >= 4 is 5.91 Å². The fourth-order valence-electron chi connectivity index (χ4n) is 0.956. The van der Waals surface area contributed by atoms with Gasteiger partial charge in [-0.05, 0) is 26.6 Å². The largest absolute Gasteiger partial charge is 0.337 e. The summed E-state index contributed by atoms with van der Waals surface area (Å²) in [6.45, 7) is 5.50. The minimum absolute atomic E-state index is 0.109. The number of nitrogens with zero attached hydrogens (tertiary/aromatic N) is 1. The van der Waals surface area contributed by atoms with Gasteiger partial charge in [-0.2, -0.15) is 0 Å². The highest BCUT2D eigenvalue weighted by atomic mass is 16.1. The van der Waals surface area contributed by atoms with Crippen molar-refractivity contribution in [1.82, 2.24) is 10.2 Å². The van der Waals surface area contributed by atoms with Gasteiger partial charge < -0.3 is 5.32 Å². The second-order valence-corrected chi connectivity index (χ2v) is 2.98. The smallest absolute Gasteiger partial charge is 0.244 e. The van der Waals surface area contributed by atoms with Gasteiger partial charge >= 0.3 is 0 Å². The molecule has 0 bridgehead atoms. The van der Waals surface area contributed by atoms with Crippen LogP contribution in [-0.4, -0.2) is 31.1 Å². The Morgan fingerprint density at radius 3 is 2.58 bits per heavy atom. The van der Waals surface area contributed by atoms with Gasteiger partial charge in [-0.1, -0.05) is 19.9 Å². The molecule has 1 N–H and O–H groups in total. The van der Waals surface area contributed by atoms with Gasteiger partial charge in [0.05, 0.1) is 6.17 Å². The fraction of sp³-hybridized carbons (Fsp3) is 0.667. The van der Waals surface area contributed by atoms with Crippen molar-refractivity contribution in [2.75, 3.05) is 14.1 Å². The first-order valence-corrected chi connectivity index (χ1v) is 4.21. The molecule has 70 valence electrons. The molecular weight excluding hydrogens is 152 g/mol. The maximum absolute atomic E-state index is 10.9. The topological polar surface area (TPSA) is 32.3 Å². The van der Waals surface area contributed by atoms with E-state index in [1.807, 2.05) is 19.0 Å². The van der Waals surface area contributed by atoms with Gasteiger partial charge in [-0.25, -0.2) is 0 Å². The number of hydrogen-bond acceptors (Lipinski definition) is 2. The Morgan fingerprint density at radius 1 is 1.67 bits per heavy atom. The van der Waals surface area contributed by atoms with Crippen molar-refractivity contribution in [2.24, 2.45) is 0 Å². The van der Waals surface area contributed by atoms with Gasteiger partial charge in [-0.15, -0.1) is 0 Å². The van der Waals surface area contributed by atoms with Crippen molar-refractivity contribution in [3.05, 3.63) is 12.7 Å². The number of rotatable bonds is 5. The molecule has 0 aromatic heterocycles. The predicted molar refractivity (Wildman–Crippen MR) is 50.7 cm³/mol. The van der Waals surface area contributed by atoms with E-state index in [0.29, 0.717) is 0 Å². The summed E-state index contributed by atoms with van der Waals surface area (Å²) in [5, 5.41) is 2.84. The Kier molecular flexibility index (Phi) is 5.37. The van der Waals surface area contributed by atoms with Crippen LogP contribution >= 0.6 is 0 Å². The summed E-state index contributed by atoms with van der Waals surface area (Å²) in [5.41, 5.74) is 0. The average Bonchev–Trinajstić information content (AvgIpc) is 2.03. The Bertz CT molecular complexity index is 155. The molecule has 3 nitrogen and oxygen atoms in total. The van der Waals surface area contributed by atoms with Crippen LogP contribution in [0.2, 0.25) is 0 Å². The van der Waals surface area contributed by atoms with Crippen LogP contribution < -0.4 is 5.32 Å². The zero-order chi connectivity index (χ0) is 9.56. The summed E-state index contributed by atoms with van der Waals surface area (Å²) in [4.78, 5) is 12.9. The lowest BCUT2D eigenvalue weighted by Crippen LogP contribution is -2.43. The fourth-order valence-corrected chi connectivity index (χ4v) is 0.956. The highest BCUT2D eigenvalue weighted by Gasteiger charge is 2.10. The molecule has 0 heterocycles. The van der Waals surface area contributed by atoms with Crippen LogP contribution in [-0.2, 0) is 4.79 Å². The van der Waals surface area contributed by atoms with Crippen LogP contribution in [0.15, 0.2) is 12.7 Å². The van der Waals surface area contributed by atoms with Crippen LogP contribution in [0.4, 0.5) is 0 Å². The molecule has 0 spiro atoms. The maximum Gasteiger partial charge on any atom is 0.244 e. The first kappa shape index (κ1) is 11.2. The molecule has 1 atom stereocenters. The Labute approximate surface area is 74.4 Å². The van der Waals surface area contributed by atoms with Crippen LogP contribution in [0.1, 0.15) is 19.8 Å². The number of amides is 1. The maximum atomic E-state index is 10.9. The highest BCUT2D eigenvalue weighted by molar-refractivity contribution is 5.87. The summed E-state index contributed by atoms with van der Waals surface area (Å²) in [6, 6.07) is 0. The third kappa shape index (κ3) is 4.13. The SMILES string of the molecule is C=CC(=O)NC(CCC)N(C)C. The first-order chi connectivity index (χ1) is 5.61. The van der Waals surface area contributed by atoms with Crippen molar-refractivity contribution in [3.63, 3.8) is 0 Å². The lowest BCUT2D eigenvalue weighted by Gasteiger charge is -2.24. The Morgan fingerprint density at radius 2 is 2.25 bits per heavy atom. The van der Waals surface area contributed by atoms with Crippen molar-refractivity contribution in [2.45, 2.75) is 25.9 Å². The van der Waals surface area contributed by atoms with Crippen LogP contribution in [0, 0.1) is 0 Å². The zero-order valence-electron chi connectivity index (χ0n) is 8.13. The predicted octanol–water partition coefficient (Wildman–Crippen LogP) is 0.976. The summed E-state index contributed by atoms with van der Waals surface area (Å²) in [7, 11) is 3.90. The second-order valence-electron chi connectivity index (χ2n) is 2.98. The normalized spacial score (nSPS) is 12.7. The molecule has 0 aliphatic carbocycles. The van der Waals surface area contributed by atoms with E-state index < -0.39 is 0 Å². The monoisotopic (exact) mass is 170 g/mol. The van der Waals surface area contributed by atoms with Gasteiger partial charge in [0.2, 0.25) is 5.91 Å². The van der Waals surface area contributed by atoms with Gasteiger partial charge in [0.25, 0.3) is 0 Å². The molecule has 0 aromatic rings. The highest BCUT2D eigenvalue weighted by Crippen LogP contribution is 1.98. The van der Waals surface area contributed by atoms with E-state index in [-0.39, 0.29) is 12.1 Å². The third-order valence-electron chi connectivity index (χ3n) is 1.68. The summed E-state index contributed by atoms with van der Waals surface area (Å²) >= 11 is 0. The molecule has 0 rings (SSSR count). The molecule has 12 heavy (non-hydrogen) atoms. The van der Waals surface area contributed by atoms with E-state index in [1.165, 1.54) is 6.08 Å². The second kappa shape index (κ2) is 5.77. The molecule has 1 unspecified atom stereocenters. The summed E-state index contributed by atoms with van der Waals surface area (Å²) in [6.07, 6.45) is 3.44. The van der Waals surface area contributed by atoms with Crippen molar-refractivity contribution < 1.29 is 4.79 Å². The zero-order valence-corrected chi connectivity index (χ0v) is 8.13. The van der Waals surface area contributed by atoms with E-state index in [9.17, 15) is 4.79 Å².